The minimum absolute atomic E-state index is 0.00593. The number of nitrogens with one attached hydrogen (secondary N) is 1. The number of esters is 1. The number of phenolic OH excluding ortho intramolecular Hbond substituents is 1. The van der Waals surface area contributed by atoms with Crippen LogP contribution < -0.4 is 10.1 Å². The molecule has 2 aliphatic rings. The zero-order valence-corrected chi connectivity index (χ0v) is 17.9. The van der Waals surface area contributed by atoms with Crippen molar-refractivity contribution in [2.24, 2.45) is 5.41 Å². The summed E-state index contributed by atoms with van der Waals surface area (Å²) in [6.45, 7) is 9.52. The molecular weight excluding hydrogens is 370 g/mol. The molecule has 0 aromatic heterocycles. The summed E-state index contributed by atoms with van der Waals surface area (Å²) in [5, 5.41) is 13.6. The number of methoxy groups -OCH3 is 1. The van der Waals surface area contributed by atoms with Crippen LogP contribution in [0.15, 0.2) is 40.7 Å². The third-order valence-electron chi connectivity index (χ3n) is 5.34. The van der Waals surface area contributed by atoms with Crippen molar-refractivity contribution < 1.29 is 24.2 Å². The number of Topliss-reactive ketones (excluding diaryl/α,β-unsaturated/α-hetero) is 1. The Morgan fingerprint density at radius 1 is 1.28 bits per heavy atom. The Labute approximate surface area is 171 Å². The molecule has 6 nitrogen and oxygen atoms in total. The number of rotatable bonds is 4. The molecular formula is C23H29NO5. The van der Waals surface area contributed by atoms with E-state index in [1.165, 1.54) is 7.11 Å². The van der Waals surface area contributed by atoms with Crippen molar-refractivity contribution in [2.45, 2.75) is 59.5 Å². The van der Waals surface area contributed by atoms with E-state index in [1.807, 2.05) is 6.92 Å². The van der Waals surface area contributed by atoms with Crippen LogP contribution in [0.1, 0.15) is 58.9 Å². The number of dihydropyridines is 1. The van der Waals surface area contributed by atoms with E-state index in [9.17, 15) is 14.7 Å². The maximum absolute atomic E-state index is 13.2. The van der Waals surface area contributed by atoms with Crippen LogP contribution in [-0.4, -0.2) is 30.1 Å². The molecule has 0 saturated carbocycles. The average Bonchev–Trinajstić information content (AvgIpc) is 2.58. The molecule has 0 amide bonds. The fraction of sp³-hybridized carbons (Fsp3) is 0.478. The van der Waals surface area contributed by atoms with Gasteiger partial charge < -0.3 is 19.9 Å². The van der Waals surface area contributed by atoms with Crippen LogP contribution in [0.4, 0.5) is 0 Å². The summed E-state index contributed by atoms with van der Waals surface area (Å²) in [5.74, 6) is -0.762. The third-order valence-corrected chi connectivity index (χ3v) is 5.34. The van der Waals surface area contributed by atoms with Gasteiger partial charge in [-0.25, -0.2) is 4.79 Å². The van der Waals surface area contributed by atoms with E-state index >= 15 is 0 Å². The Morgan fingerprint density at radius 3 is 2.55 bits per heavy atom. The van der Waals surface area contributed by atoms with Crippen molar-refractivity contribution in [1.29, 1.82) is 0 Å². The molecule has 2 N–H and O–H groups in total. The van der Waals surface area contributed by atoms with Gasteiger partial charge >= 0.3 is 5.97 Å². The van der Waals surface area contributed by atoms with Gasteiger partial charge in [-0.1, -0.05) is 19.9 Å². The summed E-state index contributed by atoms with van der Waals surface area (Å²) in [6, 6.07) is 4.98. The highest BCUT2D eigenvalue weighted by molar-refractivity contribution is 6.04. The summed E-state index contributed by atoms with van der Waals surface area (Å²) in [6.07, 6.45) is 0.818. The maximum Gasteiger partial charge on any atom is 0.337 e. The zero-order valence-electron chi connectivity index (χ0n) is 17.9. The van der Waals surface area contributed by atoms with E-state index < -0.39 is 11.9 Å². The Bertz CT molecular complexity index is 923. The number of hydrogen-bond acceptors (Lipinski definition) is 6. The molecule has 0 fully saturated rings. The third kappa shape index (κ3) is 4.02. The van der Waals surface area contributed by atoms with Crippen molar-refractivity contribution in [2.75, 3.05) is 7.11 Å². The molecule has 0 spiro atoms. The lowest BCUT2D eigenvalue weighted by Gasteiger charge is -2.39. The van der Waals surface area contributed by atoms with Gasteiger partial charge in [-0.3, -0.25) is 4.79 Å². The van der Waals surface area contributed by atoms with Crippen LogP contribution in [0.5, 0.6) is 11.5 Å². The van der Waals surface area contributed by atoms with Crippen molar-refractivity contribution in [3.05, 3.63) is 46.3 Å². The second kappa shape index (κ2) is 7.58. The maximum atomic E-state index is 13.2. The summed E-state index contributed by atoms with van der Waals surface area (Å²) in [4.78, 5) is 26.2. The topological polar surface area (TPSA) is 84.9 Å². The molecule has 0 bridgehead atoms. The molecule has 6 heteroatoms. The van der Waals surface area contributed by atoms with Crippen LogP contribution in [0, 0.1) is 5.41 Å². The molecule has 1 heterocycles. The number of allylic oxidation sites excluding steroid dienone is 3. The van der Waals surface area contributed by atoms with Gasteiger partial charge in [0.15, 0.2) is 17.3 Å². The number of phenols is 1. The first kappa shape index (κ1) is 21.0. The van der Waals surface area contributed by atoms with Gasteiger partial charge in [0.1, 0.15) is 0 Å². The summed E-state index contributed by atoms with van der Waals surface area (Å²) >= 11 is 0. The number of hydrogen-bond donors (Lipinski definition) is 2. The number of benzene rings is 1. The second-order valence-electron chi connectivity index (χ2n) is 8.82. The second-order valence-corrected chi connectivity index (χ2v) is 8.82. The van der Waals surface area contributed by atoms with E-state index in [0.717, 1.165) is 5.70 Å². The predicted molar refractivity (Wildman–Crippen MR) is 110 cm³/mol. The first-order valence-corrected chi connectivity index (χ1v) is 9.86. The number of aromatic hydroxyl groups is 1. The van der Waals surface area contributed by atoms with Crippen LogP contribution in [0.3, 0.4) is 0 Å². The predicted octanol–water partition coefficient (Wildman–Crippen LogP) is 3.96. The number of carbonyl (C=O) groups excluding carboxylic acids is 2. The Morgan fingerprint density at radius 2 is 1.97 bits per heavy atom. The highest BCUT2D eigenvalue weighted by Crippen LogP contribution is 2.47. The molecule has 1 aromatic rings. The van der Waals surface area contributed by atoms with E-state index in [-0.39, 0.29) is 23.1 Å². The zero-order chi connectivity index (χ0) is 21.5. The normalized spacial score (nSPS) is 21.1. The fourth-order valence-corrected chi connectivity index (χ4v) is 4.20. The highest BCUT2D eigenvalue weighted by Gasteiger charge is 2.43. The van der Waals surface area contributed by atoms with Gasteiger partial charge in [0.2, 0.25) is 0 Å². The van der Waals surface area contributed by atoms with Crippen molar-refractivity contribution in [3.8, 4) is 11.5 Å². The Kier molecular flexibility index (Phi) is 5.48. The summed E-state index contributed by atoms with van der Waals surface area (Å²) in [5.41, 5.74) is 2.97. The first-order chi connectivity index (χ1) is 13.5. The first-order valence-electron chi connectivity index (χ1n) is 9.86. The number of ketones is 1. The molecule has 156 valence electrons. The average molecular weight is 399 g/mol. The SMILES string of the molecule is COc1ccc([C@@H]2C(C(=O)OC(C)C)=C(C)NC3=C2C(=O)CC(C)(C)C3)cc1O. The lowest BCUT2D eigenvalue weighted by Crippen LogP contribution is -2.39. The minimum Gasteiger partial charge on any atom is -0.504 e. The quantitative estimate of drug-likeness (QED) is 0.746. The van der Waals surface area contributed by atoms with Gasteiger partial charge in [0.05, 0.1) is 18.8 Å². The fourth-order valence-electron chi connectivity index (χ4n) is 4.20. The van der Waals surface area contributed by atoms with Crippen LogP contribution in [0.2, 0.25) is 0 Å². The number of carbonyl (C=O) groups is 2. The van der Waals surface area contributed by atoms with Gasteiger partial charge in [-0.15, -0.1) is 0 Å². The molecule has 1 atom stereocenters. The molecule has 1 aliphatic carbocycles. The van der Waals surface area contributed by atoms with Crippen LogP contribution >= 0.6 is 0 Å². The van der Waals surface area contributed by atoms with E-state index in [4.69, 9.17) is 9.47 Å². The lowest BCUT2D eigenvalue weighted by molar-refractivity contribution is -0.143. The van der Waals surface area contributed by atoms with Gasteiger partial charge in [-0.2, -0.15) is 0 Å². The smallest absolute Gasteiger partial charge is 0.337 e. The van der Waals surface area contributed by atoms with E-state index in [2.05, 4.69) is 19.2 Å². The largest absolute Gasteiger partial charge is 0.504 e. The van der Waals surface area contributed by atoms with Gasteiger partial charge in [0, 0.05) is 29.3 Å². The van der Waals surface area contributed by atoms with Crippen molar-refractivity contribution in [3.63, 3.8) is 0 Å². The monoisotopic (exact) mass is 399 g/mol. The Hall–Kier alpha value is -2.76. The molecule has 1 aliphatic heterocycles. The lowest BCUT2D eigenvalue weighted by atomic mass is 9.68. The Balaban J connectivity index is 2.18. The standard InChI is InChI=1S/C23H29NO5/c1-12(2)29-22(27)19-13(3)24-15-10-23(4,5)11-17(26)21(15)20(19)14-7-8-18(28-6)16(25)9-14/h7-9,12,20,24-25H,10-11H2,1-6H3/t20-/m1/s1. The molecule has 29 heavy (non-hydrogen) atoms. The molecule has 1 aromatic carbocycles. The van der Waals surface area contributed by atoms with Crippen LogP contribution in [-0.2, 0) is 14.3 Å². The van der Waals surface area contributed by atoms with Crippen LogP contribution in [0.25, 0.3) is 0 Å². The molecule has 0 radical (unpaired) electrons. The summed E-state index contributed by atoms with van der Waals surface area (Å²) < 4.78 is 10.6. The van der Waals surface area contributed by atoms with E-state index in [0.29, 0.717) is 41.0 Å². The highest BCUT2D eigenvalue weighted by atomic mass is 16.5. The summed E-state index contributed by atoms with van der Waals surface area (Å²) in [7, 11) is 1.47. The van der Waals surface area contributed by atoms with Gasteiger partial charge in [-0.05, 0) is 50.3 Å². The minimum atomic E-state index is -0.599. The number of ether oxygens (including phenoxy) is 2. The molecule has 0 unspecified atom stereocenters. The van der Waals surface area contributed by atoms with Crippen molar-refractivity contribution >= 4 is 11.8 Å². The van der Waals surface area contributed by atoms with Gasteiger partial charge in [0.25, 0.3) is 0 Å². The molecule has 3 rings (SSSR count). The van der Waals surface area contributed by atoms with E-state index in [1.54, 1.807) is 32.0 Å². The molecule has 0 saturated heterocycles. The van der Waals surface area contributed by atoms with Crippen molar-refractivity contribution in [1.82, 2.24) is 5.32 Å².